The zero-order valence-electron chi connectivity index (χ0n) is 13.6. The van der Waals surface area contributed by atoms with Crippen LogP contribution in [0.2, 0.25) is 0 Å². The molecule has 1 amide bonds. The van der Waals surface area contributed by atoms with Crippen LogP contribution < -0.4 is 5.32 Å². The summed E-state index contributed by atoms with van der Waals surface area (Å²) in [4.78, 5) is 13.9. The Bertz CT molecular complexity index is 514. The Hall–Kier alpha value is -1.78. The summed E-state index contributed by atoms with van der Waals surface area (Å²) < 4.78 is 19.1. The lowest BCUT2D eigenvalue weighted by molar-refractivity contribution is 0.0256. The number of rotatable bonds is 2. The predicted octanol–water partition coefficient (Wildman–Crippen LogP) is 4.03. The van der Waals surface area contributed by atoms with Crippen molar-refractivity contribution in [1.82, 2.24) is 4.90 Å². The molecule has 1 saturated heterocycles. The first-order valence-corrected chi connectivity index (χ1v) is 7.84. The summed E-state index contributed by atoms with van der Waals surface area (Å²) in [6.45, 7) is 6.91. The number of nitrogens with zero attached hydrogens (tertiary/aromatic N) is 1. The number of hydrogen-bond acceptors (Lipinski definition) is 3. The molecule has 0 saturated carbocycles. The molecule has 0 bridgehead atoms. The number of halogens is 1. The summed E-state index contributed by atoms with van der Waals surface area (Å²) in [7, 11) is 0. The van der Waals surface area contributed by atoms with Crippen molar-refractivity contribution >= 4 is 11.8 Å². The highest BCUT2D eigenvalue weighted by molar-refractivity contribution is 5.68. The number of amides is 1. The van der Waals surface area contributed by atoms with Gasteiger partial charge in [-0.1, -0.05) is 12.1 Å². The van der Waals surface area contributed by atoms with Crippen LogP contribution in [0.4, 0.5) is 14.9 Å². The van der Waals surface area contributed by atoms with Gasteiger partial charge < -0.3 is 15.0 Å². The Labute approximate surface area is 131 Å². The second kappa shape index (κ2) is 6.99. The Morgan fingerprint density at radius 2 is 2.00 bits per heavy atom. The number of likely N-dealkylation sites (tertiary alicyclic amines) is 1. The maximum atomic E-state index is 13.7. The quantitative estimate of drug-likeness (QED) is 0.897. The van der Waals surface area contributed by atoms with Crippen molar-refractivity contribution in [3.8, 4) is 0 Å². The van der Waals surface area contributed by atoms with Crippen LogP contribution in [0, 0.1) is 5.82 Å². The molecular formula is C17H25FN2O2. The second-order valence-electron chi connectivity index (χ2n) is 6.72. The number of carbonyl (C=O) groups excluding carboxylic acids is 1. The van der Waals surface area contributed by atoms with Crippen LogP contribution in [0.25, 0.3) is 0 Å². The van der Waals surface area contributed by atoms with Gasteiger partial charge in [-0.2, -0.15) is 0 Å². The molecule has 1 N–H and O–H groups in total. The number of ether oxygens (including phenoxy) is 1. The second-order valence-corrected chi connectivity index (χ2v) is 6.72. The summed E-state index contributed by atoms with van der Waals surface area (Å²) in [5.74, 6) is -0.240. The van der Waals surface area contributed by atoms with Gasteiger partial charge >= 0.3 is 6.09 Å². The van der Waals surface area contributed by atoms with E-state index in [1.807, 2.05) is 26.8 Å². The number of carbonyl (C=O) groups is 1. The van der Waals surface area contributed by atoms with Crippen LogP contribution in [0.15, 0.2) is 24.3 Å². The largest absolute Gasteiger partial charge is 0.444 e. The van der Waals surface area contributed by atoms with Crippen LogP contribution >= 0.6 is 0 Å². The van der Waals surface area contributed by atoms with Gasteiger partial charge in [0, 0.05) is 19.1 Å². The molecule has 1 aromatic carbocycles. The third-order valence-corrected chi connectivity index (χ3v) is 3.61. The minimum atomic E-state index is -0.478. The fraction of sp³-hybridized carbons (Fsp3) is 0.588. The summed E-state index contributed by atoms with van der Waals surface area (Å²) in [6, 6.07) is 6.86. The molecule has 4 nitrogen and oxygen atoms in total. The van der Waals surface area contributed by atoms with E-state index in [-0.39, 0.29) is 18.0 Å². The minimum absolute atomic E-state index is 0.171. The van der Waals surface area contributed by atoms with E-state index in [1.165, 1.54) is 6.07 Å². The molecule has 1 unspecified atom stereocenters. The van der Waals surface area contributed by atoms with Crippen LogP contribution in [0.1, 0.15) is 40.0 Å². The van der Waals surface area contributed by atoms with Crippen molar-refractivity contribution in [3.63, 3.8) is 0 Å². The molecule has 1 atom stereocenters. The zero-order chi connectivity index (χ0) is 16.2. The normalized spacial score (nSPS) is 19.5. The van der Waals surface area contributed by atoms with E-state index in [9.17, 15) is 9.18 Å². The lowest BCUT2D eigenvalue weighted by Gasteiger charge is -2.26. The highest BCUT2D eigenvalue weighted by Crippen LogP contribution is 2.20. The van der Waals surface area contributed by atoms with E-state index in [4.69, 9.17) is 4.74 Å². The van der Waals surface area contributed by atoms with Gasteiger partial charge in [0.1, 0.15) is 11.4 Å². The molecule has 0 radical (unpaired) electrons. The number of nitrogens with one attached hydrogen (secondary N) is 1. The Morgan fingerprint density at radius 3 is 2.68 bits per heavy atom. The van der Waals surface area contributed by atoms with Crippen molar-refractivity contribution in [3.05, 3.63) is 30.1 Å². The van der Waals surface area contributed by atoms with E-state index in [0.29, 0.717) is 18.8 Å². The highest BCUT2D eigenvalue weighted by Gasteiger charge is 2.25. The number of benzene rings is 1. The first kappa shape index (κ1) is 16.6. The van der Waals surface area contributed by atoms with E-state index in [1.54, 1.807) is 17.0 Å². The van der Waals surface area contributed by atoms with Crippen molar-refractivity contribution in [2.24, 2.45) is 0 Å². The first-order chi connectivity index (χ1) is 10.3. The predicted molar refractivity (Wildman–Crippen MR) is 85.5 cm³/mol. The van der Waals surface area contributed by atoms with Crippen LogP contribution in [0.3, 0.4) is 0 Å². The molecule has 0 spiro atoms. The molecule has 1 aromatic rings. The van der Waals surface area contributed by atoms with Crippen LogP contribution in [0.5, 0.6) is 0 Å². The zero-order valence-corrected chi connectivity index (χ0v) is 13.6. The molecule has 122 valence electrons. The molecule has 1 heterocycles. The third-order valence-electron chi connectivity index (χ3n) is 3.61. The molecule has 22 heavy (non-hydrogen) atoms. The lowest BCUT2D eigenvalue weighted by Crippen LogP contribution is -2.37. The number of hydrogen-bond donors (Lipinski definition) is 1. The Morgan fingerprint density at radius 1 is 1.27 bits per heavy atom. The lowest BCUT2D eigenvalue weighted by atomic mass is 10.1. The molecule has 1 aliphatic rings. The van der Waals surface area contributed by atoms with Crippen molar-refractivity contribution < 1.29 is 13.9 Å². The molecule has 0 aromatic heterocycles. The summed E-state index contributed by atoms with van der Waals surface area (Å²) in [6.07, 6.45) is 2.31. The van der Waals surface area contributed by atoms with Crippen LogP contribution in [-0.2, 0) is 4.74 Å². The van der Waals surface area contributed by atoms with Crippen molar-refractivity contribution in [2.45, 2.75) is 51.7 Å². The topological polar surface area (TPSA) is 41.6 Å². The Balaban J connectivity index is 1.90. The van der Waals surface area contributed by atoms with E-state index < -0.39 is 5.60 Å². The number of para-hydroxylation sites is 1. The first-order valence-electron chi connectivity index (χ1n) is 7.84. The fourth-order valence-corrected chi connectivity index (χ4v) is 2.55. The van der Waals surface area contributed by atoms with Gasteiger partial charge in [0.2, 0.25) is 0 Å². The maximum absolute atomic E-state index is 13.7. The Kier molecular flexibility index (Phi) is 5.27. The van der Waals surface area contributed by atoms with E-state index in [2.05, 4.69) is 5.32 Å². The SMILES string of the molecule is CC(C)(C)OC(=O)N1CCCC(Nc2ccccc2F)CC1. The van der Waals surface area contributed by atoms with Crippen LogP contribution in [-0.4, -0.2) is 35.7 Å². The molecule has 5 heteroatoms. The summed E-state index contributed by atoms with van der Waals surface area (Å²) >= 11 is 0. The van der Waals surface area contributed by atoms with Gasteiger partial charge in [-0.3, -0.25) is 0 Å². The molecular weight excluding hydrogens is 283 g/mol. The molecule has 1 aliphatic heterocycles. The maximum Gasteiger partial charge on any atom is 0.410 e. The summed E-state index contributed by atoms with van der Waals surface area (Å²) in [5, 5.41) is 3.24. The highest BCUT2D eigenvalue weighted by atomic mass is 19.1. The van der Waals surface area contributed by atoms with Gasteiger partial charge in [-0.15, -0.1) is 0 Å². The molecule has 0 aliphatic carbocycles. The van der Waals surface area contributed by atoms with Crippen molar-refractivity contribution in [1.29, 1.82) is 0 Å². The van der Waals surface area contributed by atoms with Gasteiger partial charge in [0.05, 0.1) is 5.69 Å². The fourth-order valence-electron chi connectivity index (χ4n) is 2.55. The van der Waals surface area contributed by atoms with E-state index >= 15 is 0 Å². The molecule has 1 fully saturated rings. The summed E-state index contributed by atoms with van der Waals surface area (Å²) in [5.41, 5.74) is 0.0482. The van der Waals surface area contributed by atoms with Gasteiger partial charge in [0.15, 0.2) is 0 Å². The minimum Gasteiger partial charge on any atom is -0.444 e. The number of anilines is 1. The average molecular weight is 308 g/mol. The van der Waals surface area contributed by atoms with Gasteiger partial charge in [0.25, 0.3) is 0 Å². The standard InChI is InChI=1S/C17H25FN2O2/c1-17(2,3)22-16(21)20-11-6-7-13(10-12-20)19-15-9-5-4-8-14(15)18/h4-5,8-9,13,19H,6-7,10-12H2,1-3H3. The van der Waals surface area contributed by atoms with E-state index in [0.717, 1.165) is 19.3 Å². The van der Waals surface area contributed by atoms with Gasteiger partial charge in [-0.25, -0.2) is 9.18 Å². The van der Waals surface area contributed by atoms with Gasteiger partial charge in [-0.05, 0) is 52.2 Å². The molecule has 2 rings (SSSR count). The monoisotopic (exact) mass is 308 g/mol. The third kappa shape index (κ3) is 4.90. The smallest absolute Gasteiger partial charge is 0.410 e. The average Bonchev–Trinajstić information content (AvgIpc) is 2.65. The van der Waals surface area contributed by atoms with Crippen molar-refractivity contribution in [2.75, 3.05) is 18.4 Å².